The molecule has 0 radical (unpaired) electrons. The zero-order chi connectivity index (χ0) is 31.1. The van der Waals surface area contributed by atoms with E-state index in [9.17, 15) is 42.9 Å². The van der Waals surface area contributed by atoms with Crippen LogP contribution >= 0.6 is 0 Å². The van der Waals surface area contributed by atoms with E-state index in [2.05, 4.69) is 5.32 Å². The van der Waals surface area contributed by atoms with Gasteiger partial charge in [-0.15, -0.1) is 0 Å². The Morgan fingerprint density at radius 3 is 2.56 bits per heavy atom. The van der Waals surface area contributed by atoms with E-state index in [1.54, 1.807) is 12.1 Å². The number of fused-ring (bicyclic) bond motifs is 4. The maximum Gasteiger partial charge on any atom is 0.406 e. The van der Waals surface area contributed by atoms with Crippen LogP contribution < -0.4 is 20.4 Å². The number of benzene rings is 2. The number of nitrogens with zero attached hydrogens (tertiary/aromatic N) is 1. The van der Waals surface area contributed by atoms with Crippen LogP contribution in [0, 0.1) is 0 Å². The Bertz CT molecular complexity index is 1650. The van der Waals surface area contributed by atoms with Crippen LogP contribution in [0.4, 0.5) is 13.2 Å². The third kappa shape index (κ3) is 5.68. The molecule has 228 valence electrons. The summed E-state index contributed by atoms with van der Waals surface area (Å²) in [7, 11) is 1.32. The number of hydrogen-bond acceptors (Lipinski definition) is 9. The van der Waals surface area contributed by atoms with Crippen molar-refractivity contribution >= 4 is 22.8 Å². The molecular weight excluding hydrogens is 577 g/mol. The molecule has 2 aliphatic rings. The number of rotatable bonds is 8. The average Bonchev–Trinajstić information content (AvgIpc) is 3.37. The van der Waals surface area contributed by atoms with Gasteiger partial charge in [0.2, 0.25) is 5.91 Å². The molecule has 0 bridgehead atoms. The van der Waals surface area contributed by atoms with Gasteiger partial charge in [0.15, 0.2) is 11.5 Å². The van der Waals surface area contributed by atoms with Crippen molar-refractivity contribution in [3.05, 3.63) is 81.2 Å². The molecule has 0 spiro atoms. The lowest BCUT2D eigenvalue weighted by atomic mass is 9.77. The van der Waals surface area contributed by atoms with Gasteiger partial charge >= 0.3 is 11.8 Å². The van der Waals surface area contributed by atoms with Crippen LogP contribution in [-0.4, -0.2) is 83.3 Å². The molecular formula is C29H27F3N2O9. The number of alkyl halides is 3. The second kappa shape index (κ2) is 11.7. The Balaban J connectivity index is 1.65. The standard InChI is InChI=1S/C29H27F3N2O9/c1-41-21-9-14(12-36)8-16-22-17(26(38)33-6-7-35)11-19(23(37)25(22)43-24(16)21)34(13-29(30,31)32)27(39)18-10-15-4-2-3-5-20(15)42-28(18)40/h2-5,8-11,19,22-23,25,35-37H,6-7,12-13H2,1H3,(H,33,38)/t19-,22+,23+,25+/m1/s1. The van der Waals surface area contributed by atoms with Crippen LogP contribution in [0.3, 0.4) is 0 Å². The van der Waals surface area contributed by atoms with Crippen molar-refractivity contribution in [2.45, 2.75) is 37.0 Å². The minimum absolute atomic E-state index is 0.0964. The second-order valence-corrected chi connectivity index (χ2v) is 10.1. The van der Waals surface area contributed by atoms with E-state index in [1.807, 2.05) is 0 Å². The summed E-state index contributed by atoms with van der Waals surface area (Å²) in [6, 6.07) is 8.40. The maximum atomic E-state index is 13.9. The summed E-state index contributed by atoms with van der Waals surface area (Å²) in [5.74, 6) is -2.99. The largest absolute Gasteiger partial charge is 0.493 e. The van der Waals surface area contributed by atoms with Crippen LogP contribution in [0.2, 0.25) is 0 Å². The van der Waals surface area contributed by atoms with Crippen LogP contribution in [0.1, 0.15) is 27.4 Å². The number of amides is 2. The molecule has 2 amide bonds. The van der Waals surface area contributed by atoms with E-state index in [4.69, 9.17) is 13.9 Å². The molecule has 5 rings (SSSR count). The van der Waals surface area contributed by atoms with Gasteiger partial charge in [-0.1, -0.05) is 18.2 Å². The van der Waals surface area contributed by atoms with Gasteiger partial charge in [0.05, 0.1) is 32.3 Å². The summed E-state index contributed by atoms with van der Waals surface area (Å²) in [5, 5.41) is 33.2. The predicted octanol–water partition coefficient (Wildman–Crippen LogP) is 1.62. The van der Waals surface area contributed by atoms with Gasteiger partial charge in [-0.2, -0.15) is 13.2 Å². The van der Waals surface area contributed by atoms with Crippen molar-refractivity contribution in [2.24, 2.45) is 0 Å². The van der Waals surface area contributed by atoms with E-state index in [0.717, 1.165) is 12.1 Å². The van der Waals surface area contributed by atoms with Gasteiger partial charge in [0.25, 0.3) is 5.91 Å². The number of hydrogen-bond donors (Lipinski definition) is 4. The molecule has 11 nitrogen and oxygen atoms in total. The molecule has 0 unspecified atom stereocenters. The molecule has 4 N–H and O–H groups in total. The van der Waals surface area contributed by atoms with Crippen molar-refractivity contribution in [3.8, 4) is 11.5 Å². The minimum atomic E-state index is -4.98. The van der Waals surface area contributed by atoms with Gasteiger partial charge in [-0.3, -0.25) is 9.59 Å². The number of para-hydroxylation sites is 1. The lowest BCUT2D eigenvalue weighted by Gasteiger charge is -2.40. The van der Waals surface area contributed by atoms with Gasteiger partial charge in [0, 0.05) is 23.1 Å². The topological polar surface area (TPSA) is 159 Å². The fourth-order valence-electron chi connectivity index (χ4n) is 5.49. The summed E-state index contributed by atoms with van der Waals surface area (Å²) in [6.45, 7) is -2.93. The monoisotopic (exact) mass is 604 g/mol. The zero-order valence-corrected chi connectivity index (χ0v) is 22.6. The molecule has 2 aromatic carbocycles. The molecule has 43 heavy (non-hydrogen) atoms. The van der Waals surface area contributed by atoms with Crippen molar-refractivity contribution < 1.29 is 52.0 Å². The van der Waals surface area contributed by atoms with Gasteiger partial charge in [-0.05, 0) is 35.9 Å². The summed E-state index contributed by atoms with van der Waals surface area (Å²) in [4.78, 5) is 40.0. The SMILES string of the molecule is COc1cc(CO)cc2c1O[C@@H]1[C@@H](O)[C@H](N(CC(F)(F)F)C(=O)c3cc4ccccc4oc3=O)C=C(C(=O)NCCO)[C@H]21. The molecule has 14 heteroatoms. The first kappa shape index (κ1) is 30.1. The number of nitrogens with one attached hydrogen (secondary N) is 1. The third-order valence-electron chi connectivity index (χ3n) is 7.34. The first-order chi connectivity index (χ1) is 20.5. The lowest BCUT2D eigenvalue weighted by molar-refractivity contribution is -0.149. The van der Waals surface area contributed by atoms with Gasteiger partial charge in [-0.25, -0.2) is 4.79 Å². The molecule has 1 aliphatic carbocycles. The first-order valence-electron chi connectivity index (χ1n) is 13.1. The Morgan fingerprint density at radius 2 is 1.88 bits per heavy atom. The summed E-state index contributed by atoms with van der Waals surface area (Å²) in [5.41, 5.74) is -1.24. The Hall–Kier alpha value is -4.40. The summed E-state index contributed by atoms with van der Waals surface area (Å²) < 4.78 is 58.3. The number of ether oxygens (including phenoxy) is 2. The normalized spacial score (nSPS) is 21.0. The van der Waals surface area contributed by atoms with Gasteiger partial charge < -0.3 is 39.4 Å². The van der Waals surface area contributed by atoms with Gasteiger partial charge in [0.1, 0.15) is 29.9 Å². The molecule has 0 saturated carbocycles. The van der Waals surface area contributed by atoms with Crippen molar-refractivity contribution in [1.82, 2.24) is 10.2 Å². The molecule has 1 aromatic heterocycles. The van der Waals surface area contributed by atoms with Crippen LogP contribution in [0.15, 0.2) is 63.3 Å². The van der Waals surface area contributed by atoms with E-state index in [0.29, 0.717) is 11.1 Å². The quantitative estimate of drug-likeness (QED) is 0.281. The highest BCUT2D eigenvalue weighted by Crippen LogP contribution is 2.51. The van der Waals surface area contributed by atoms with E-state index in [1.165, 1.54) is 31.4 Å². The number of aliphatic hydroxyl groups excluding tert-OH is 3. The molecule has 2 heterocycles. The highest BCUT2D eigenvalue weighted by Gasteiger charge is 2.53. The summed E-state index contributed by atoms with van der Waals surface area (Å²) in [6.07, 6.45) is -7.15. The predicted molar refractivity (Wildman–Crippen MR) is 144 cm³/mol. The number of carbonyl (C=O) groups excluding carboxylic acids is 2. The Kier molecular flexibility index (Phi) is 8.18. The molecule has 3 aromatic rings. The first-order valence-corrected chi connectivity index (χ1v) is 13.1. The van der Waals surface area contributed by atoms with Crippen LogP contribution in [0.5, 0.6) is 11.5 Å². The van der Waals surface area contributed by atoms with Crippen LogP contribution in [0.25, 0.3) is 11.0 Å². The molecule has 1 aliphatic heterocycles. The van der Waals surface area contributed by atoms with Crippen LogP contribution in [-0.2, 0) is 11.4 Å². The number of carbonyl (C=O) groups is 2. The number of aliphatic hydroxyl groups is 3. The molecule has 0 fully saturated rings. The van der Waals surface area contributed by atoms with Crippen molar-refractivity contribution in [3.63, 3.8) is 0 Å². The minimum Gasteiger partial charge on any atom is -0.493 e. The second-order valence-electron chi connectivity index (χ2n) is 10.1. The summed E-state index contributed by atoms with van der Waals surface area (Å²) >= 11 is 0. The fraction of sp³-hybridized carbons (Fsp3) is 0.345. The highest BCUT2D eigenvalue weighted by atomic mass is 19.4. The zero-order valence-electron chi connectivity index (χ0n) is 22.6. The van der Waals surface area contributed by atoms with Crippen molar-refractivity contribution in [2.75, 3.05) is 26.8 Å². The third-order valence-corrected chi connectivity index (χ3v) is 7.34. The maximum absolute atomic E-state index is 13.9. The van der Waals surface area contributed by atoms with Crippen molar-refractivity contribution in [1.29, 1.82) is 0 Å². The smallest absolute Gasteiger partial charge is 0.406 e. The Labute approximate surface area is 241 Å². The van der Waals surface area contributed by atoms with E-state index in [-0.39, 0.29) is 39.5 Å². The average molecular weight is 605 g/mol. The lowest BCUT2D eigenvalue weighted by Crippen LogP contribution is -2.57. The number of methoxy groups -OCH3 is 1. The molecule has 0 saturated heterocycles. The fourth-order valence-corrected chi connectivity index (χ4v) is 5.49. The van der Waals surface area contributed by atoms with E-state index < -0.39 is 73.1 Å². The highest BCUT2D eigenvalue weighted by molar-refractivity contribution is 5.98. The molecule has 4 atom stereocenters. The van der Waals surface area contributed by atoms with E-state index >= 15 is 0 Å². The number of halogens is 3. The Morgan fingerprint density at radius 1 is 1.14 bits per heavy atom.